The van der Waals surface area contributed by atoms with Gasteiger partial charge in [0.1, 0.15) is 54.6 Å². The number of nitrogens with zero attached hydrogens (tertiary/aromatic N) is 4. The maximum absolute atomic E-state index is 12.5. The minimum Gasteiger partial charge on any atom is -0.394 e. The van der Waals surface area contributed by atoms with Crippen molar-refractivity contribution in [3.63, 3.8) is 0 Å². The summed E-state index contributed by atoms with van der Waals surface area (Å²) in [5, 5.41) is 59.4. The molecule has 0 aromatic carbocycles. The summed E-state index contributed by atoms with van der Waals surface area (Å²) in [4.78, 5) is 21.8. The van der Waals surface area contributed by atoms with E-state index in [1.165, 1.54) is 10.9 Å². The zero-order valence-electron chi connectivity index (χ0n) is 19.1. The smallest absolute Gasteiger partial charge is 0.394 e. The summed E-state index contributed by atoms with van der Waals surface area (Å²) < 4.78 is 50.3. The number of phosphoric ester groups is 1. The quantitative estimate of drug-likeness (QED) is 0.104. The number of hydrogen-bond donors (Lipinski definition) is 8. The van der Waals surface area contributed by atoms with Gasteiger partial charge in [0.2, 0.25) is 7.57 Å². The van der Waals surface area contributed by atoms with Crippen LogP contribution in [0.25, 0.3) is 11.2 Å². The molecule has 0 amide bonds. The van der Waals surface area contributed by atoms with Crippen LogP contribution in [0.1, 0.15) is 6.23 Å². The van der Waals surface area contributed by atoms with Crippen molar-refractivity contribution in [2.75, 3.05) is 18.9 Å². The van der Waals surface area contributed by atoms with E-state index in [4.69, 9.17) is 27.3 Å². The van der Waals surface area contributed by atoms with E-state index in [0.717, 1.165) is 6.33 Å². The Hall–Kier alpha value is -1.61. The number of nitrogens with two attached hydrogens (primary N) is 1. The number of phosphoric acid groups is 1. The fourth-order valence-corrected chi connectivity index (χ4v) is 6.09. The van der Waals surface area contributed by atoms with Gasteiger partial charge in [0.25, 0.3) is 7.47 Å². The van der Waals surface area contributed by atoms with Crippen molar-refractivity contribution in [1.29, 1.82) is 0 Å². The van der Waals surface area contributed by atoms with Crippen molar-refractivity contribution in [1.82, 2.24) is 19.5 Å². The summed E-state index contributed by atoms with van der Waals surface area (Å²) in [7, 11) is -5.04. The van der Waals surface area contributed by atoms with Crippen LogP contribution in [0, 0.1) is 0 Å². The van der Waals surface area contributed by atoms with Crippen LogP contribution in [0.2, 0.25) is 0 Å². The van der Waals surface area contributed by atoms with Gasteiger partial charge in [0, 0.05) is 0 Å². The Morgan fingerprint density at radius 1 is 1.00 bits per heavy atom. The van der Waals surface area contributed by atoms with Crippen LogP contribution in [0.3, 0.4) is 0 Å². The highest BCUT2D eigenvalue weighted by molar-refractivity contribution is 7.83. The van der Waals surface area contributed by atoms with Crippen molar-refractivity contribution >= 4 is 39.8 Å². The first-order valence-corrected chi connectivity index (χ1v) is 13.9. The summed E-state index contributed by atoms with van der Waals surface area (Å²) in [6.07, 6.45) is -12.8. The third-order valence-corrected chi connectivity index (χ3v) is 8.44. The van der Waals surface area contributed by atoms with Gasteiger partial charge < -0.3 is 55.3 Å². The van der Waals surface area contributed by atoms with Crippen LogP contribution in [-0.4, -0.2) is 125 Å². The lowest BCUT2D eigenvalue weighted by molar-refractivity contribution is -0.280. The SMILES string of the molecule is [B]P(=O)(OC[C@H]1O[C@@H](n2cnc3c(N)ncnc32)C(O)[C@H]1O)OP(=O)(O)O[C@@H]1OC(CO)[C@@H](O)[C@H](O)C1O. The molecule has 19 nitrogen and oxygen atoms in total. The Labute approximate surface area is 214 Å². The van der Waals surface area contributed by atoms with Gasteiger partial charge in [0.15, 0.2) is 24.0 Å². The maximum Gasteiger partial charge on any atom is 0.481 e. The second kappa shape index (κ2) is 11.1. The van der Waals surface area contributed by atoms with Gasteiger partial charge in [-0.3, -0.25) is 13.7 Å². The highest BCUT2D eigenvalue weighted by Gasteiger charge is 2.49. The topological polar surface area (TPSA) is 292 Å². The van der Waals surface area contributed by atoms with Crippen molar-refractivity contribution in [3.8, 4) is 0 Å². The normalized spacial score (nSPS) is 37.2. The van der Waals surface area contributed by atoms with E-state index in [1.807, 2.05) is 0 Å². The molecule has 0 aliphatic carbocycles. The number of aliphatic hydroxyl groups is 6. The first kappa shape index (κ1) is 29.4. The van der Waals surface area contributed by atoms with Crippen molar-refractivity contribution < 1.29 is 67.5 Å². The van der Waals surface area contributed by atoms with Crippen molar-refractivity contribution in [3.05, 3.63) is 12.7 Å². The average molecular weight is 583 g/mol. The minimum absolute atomic E-state index is 0.0576. The Morgan fingerprint density at radius 2 is 1.68 bits per heavy atom. The fourth-order valence-electron chi connectivity index (χ4n) is 3.80. The van der Waals surface area contributed by atoms with Crippen LogP contribution < -0.4 is 5.73 Å². The Morgan fingerprint density at radius 3 is 2.37 bits per heavy atom. The van der Waals surface area contributed by atoms with Crippen LogP contribution in [-0.2, 0) is 32.0 Å². The molecule has 0 saturated carbocycles. The van der Waals surface area contributed by atoms with E-state index in [-0.39, 0.29) is 17.0 Å². The van der Waals surface area contributed by atoms with Crippen LogP contribution in [0.4, 0.5) is 5.82 Å². The second-order valence-electron chi connectivity index (χ2n) is 8.32. The van der Waals surface area contributed by atoms with Gasteiger partial charge in [-0.25, -0.2) is 23.8 Å². The minimum atomic E-state index is -5.44. The number of fused-ring (bicyclic) bond motifs is 1. The molecule has 4 rings (SSSR count). The molecule has 0 spiro atoms. The Balaban J connectivity index is 1.38. The molecule has 2 aliphatic heterocycles. The molecule has 2 saturated heterocycles. The molecular formula is C16H24BN5O14P2. The first-order valence-electron chi connectivity index (χ1n) is 10.8. The highest BCUT2D eigenvalue weighted by atomic mass is 31.3. The molecule has 4 heterocycles. The summed E-state index contributed by atoms with van der Waals surface area (Å²) in [6, 6.07) is 0. The summed E-state index contributed by atoms with van der Waals surface area (Å²) in [5.74, 6) is 0.0576. The number of aromatic nitrogens is 4. The van der Waals surface area contributed by atoms with E-state index in [1.54, 1.807) is 0 Å². The third-order valence-electron chi connectivity index (χ3n) is 5.72. The average Bonchev–Trinajstić information content (AvgIpc) is 3.39. The second-order valence-corrected chi connectivity index (χ2v) is 11.5. The van der Waals surface area contributed by atoms with Gasteiger partial charge in [0.05, 0.1) is 19.5 Å². The molecule has 2 fully saturated rings. The molecule has 5 unspecified atom stereocenters. The lowest BCUT2D eigenvalue weighted by Crippen LogP contribution is -2.58. The number of imidazole rings is 1. The standard InChI is InChI=1S/C16H24BN5O14P2/c17-37(29,36-38(30,31)35-16-12(28)10(26)8(24)5(1-23)34-16)32-2-6-9(25)11(27)15(33-6)22-4-21-7-13(18)19-3-20-14(7)22/h3-6,8-12,15-16,23-28H,1-2H2,(H,30,31)(H2,18,19,20)/t5?,6-,8-,9+,10+,11?,12?,15-,16+,37?/m1/s1. The summed E-state index contributed by atoms with van der Waals surface area (Å²) >= 11 is 0. The van der Waals surface area contributed by atoms with E-state index < -0.39 is 83.8 Å². The van der Waals surface area contributed by atoms with Gasteiger partial charge in [-0.05, 0) is 0 Å². The summed E-state index contributed by atoms with van der Waals surface area (Å²) in [6.45, 7) is -1.67. The number of ether oxygens (including phenoxy) is 2. The van der Waals surface area contributed by atoms with Crippen LogP contribution in [0.5, 0.6) is 0 Å². The van der Waals surface area contributed by atoms with E-state index in [9.17, 15) is 44.7 Å². The lowest BCUT2D eigenvalue weighted by atomic mass is 10.00. The van der Waals surface area contributed by atoms with E-state index in [2.05, 4.69) is 23.8 Å². The molecule has 2 aromatic rings. The first-order chi connectivity index (χ1) is 17.7. The number of aliphatic hydroxyl groups excluding tert-OH is 6. The van der Waals surface area contributed by atoms with Crippen LogP contribution in [0.15, 0.2) is 12.7 Å². The molecule has 2 aromatic heterocycles. The molecule has 2 radical (unpaired) electrons. The Kier molecular flexibility index (Phi) is 8.59. The summed E-state index contributed by atoms with van der Waals surface area (Å²) in [5.41, 5.74) is 6.11. The predicted molar refractivity (Wildman–Crippen MR) is 121 cm³/mol. The predicted octanol–water partition coefficient (Wildman–Crippen LogP) is -3.75. The maximum atomic E-state index is 12.5. The van der Waals surface area contributed by atoms with E-state index in [0.29, 0.717) is 0 Å². The molecule has 38 heavy (non-hydrogen) atoms. The van der Waals surface area contributed by atoms with Gasteiger partial charge >= 0.3 is 7.82 Å². The zero-order valence-corrected chi connectivity index (χ0v) is 20.9. The third kappa shape index (κ3) is 5.93. The fraction of sp³-hybridized carbons (Fsp3) is 0.688. The number of anilines is 1. The Bertz CT molecular complexity index is 1240. The van der Waals surface area contributed by atoms with Crippen molar-refractivity contribution in [2.24, 2.45) is 0 Å². The molecule has 2 aliphatic rings. The number of nitrogen functional groups attached to an aromatic ring is 1. The lowest BCUT2D eigenvalue weighted by Gasteiger charge is -2.39. The molecule has 22 heteroatoms. The van der Waals surface area contributed by atoms with Gasteiger partial charge in [-0.2, -0.15) is 0 Å². The monoisotopic (exact) mass is 583 g/mol. The van der Waals surface area contributed by atoms with E-state index >= 15 is 0 Å². The molecule has 11 atom stereocenters. The molecule has 210 valence electrons. The largest absolute Gasteiger partial charge is 0.481 e. The van der Waals surface area contributed by atoms with Gasteiger partial charge in [-0.1, -0.05) is 0 Å². The van der Waals surface area contributed by atoms with Crippen LogP contribution >= 0.6 is 15.3 Å². The zero-order chi connectivity index (χ0) is 28.0. The van der Waals surface area contributed by atoms with Gasteiger partial charge in [-0.15, -0.1) is 0 Å². The van der Waals surface area contributed by atoms with Crippen molar-refractivity contribution in [2.45, 2.75) is 55.2 Å². The molecule has 0 bridgehead atoms. The molecule has 9 N–H and O–H groups in total. The number of rotatable bonds is 9. The highest BCUT2D eigenvalue weighted by Crippen LogP contribution is 2.61. The molecular weight excluding hydrogens is 559 g/mol. The number of hydrogen-bond acceptors (Lipinski definition) is 17.